The summed E-state index contributed by atoms with van der Waals surface area (Å²) >= 11 is 9.01. The van der Waals surface area contributed by atoms with Crippen molar-refractivity contribution in [2.24, 2.45) is 0 Å². The highest BCUT2D eigenvalue weighted by atomic mass is 79.9. The molecule has 0 bridgehead atoms. The topological polar surface area (TPSA) is 9.23 Å². The van der Waals surface area contributed by atoms with Gasteiger partial charge in [-0.3, -0.25) is 0 Å². The van der Waals surface area contributed by atoms with Crippen molar-refractivity contribution in [3.05, 3.63) is 0 Å². The van der Waals surface area contributed by atoms with Crippen molar-refractivity contribution >= 4 is 55.9 Å². The van der Waals surface area contributed by atoms with Crippen molar-refractivity contribution in [3.63, 3.8) is 0 Å². The van der Waals surface area contributed by atoms with E-state index in [-0.39, 0.29) is 0 Å². The van der Waals surface area contributed by atoms with Gasteiger partial charge >= 0.3 is 0 Å². The van der Waals surface area contributed by atoms with Gasteiger partial charge in [0.25, 0.3) is 0 Å². The molecule has 0 rings (SSSR count). The van der Waals surface area contributed by atoms with Crippen LogP contribution in [0.3, 0.4) is 0 Å². The lowest BCUT2D eigenvalue weighted by Gasteiger charge is -1.84. The van der Waals surface area contributed by atoms with Crippen LogP contribution in [0.25, 0.3) is 0 Å². The van der Waals surface area contributed by atoms with Crippen LogP contribution in [0.5, 0.6) is 0 Å². The SMILES string of the molecule is BrCCC[SH+]O[SH+]CCCBr. The van der Waals surface area contributed by atoms with Crippen molar-refractivity contribution in [1.82, 2.24) is 0 Å². The smallest absolute Gasteiger partial charge is 0.0926 e. The highest BCUT2D eigenvalue weighted by Crippen LogP contribution is 1.93. The highest BCUT2D eigenvalue weighted by molar-refractivity contribution is 9.09. The van der Waals surface area contributed by atoms with Crippen LogP contribution < -0.4 is 0 Å². The number of alkyl halides is 2. The molecule has 0 aliphatic heterocycles. The van der Waals surface area contributed by atoms with Gasteiger partial charge in [0.15, 0.2) is 24.1 Å². The molecule has 0 unspecified atom stereocenters. The van der Waals surface area contributed by atoms with Crippen LogP contribution in [0.15, 0.2) is 0 Å². The lowest BCUT2D eigenvalue weighted by Crippen LogP contribution is -1.98. The van der Waals surface area contributed by atoms with Crippen LogP contribution in [-0.2, 0) is 27.7 Å². The Morgan fingerprint density at radius 2 is 1.36 bits per heavy atom. The van der Waals surface area contributed by atoms with Gasteiger partial charge in [0.1, 0.15) is 11.5 Å². The predicted octanol–water partition coefficient (Wildman–Crippen LogP) is 2.03. The van der Waals surface area contributed by atoms with Crippen LogP contribution in [-0.4, -0.2) is 22.2 Å². The molecule has 0 radical (unpaired) electrons. The maximum absolute atomic E-state index is 5.34. The third-order valence-electron chi connectivity index (χ3n) is 0.882. The molecule has 0 heterocycles. The van der Waals surface area contributed by atoms with Crippen molar-refractivity contribution in [3.8, 4) is 0 Å². The van der Waals surface area contributed by atoms with E-state index in [1.807, 2.05) is 0 Å². The fourth-order valence-electron chi connectivity index (χ4n) is 0.371. The Morgan fingerprint density at radius 1 is 0.909 bits per heavy atom. The minimum atomic E-state index is 1.08. The molecule has 0 amide bonds. The van der Waals surface area contributed by atoms with E-state index in [4.69, 9.17) is 3.63 Å². The zero-order chi connectivity index (χ0) is 8.36. The standard InChI is InChI=1S/C6H12Br2OS2/c7-3-1-5-10-9-11-6-2-4-8/h1-6H2/p+2. The summed E-state index contributed by atoms with van der Waals surface area (Å²) in [6, 6.07) is 0. The number of hydrogen-bond donors (Lipinski definition) is 0. The average molecular weight is 326 g/mol. The lowest BCUT2D eigenvalue weighted by molar-refractivity contribution is 0.740. The van der Waals surface area contributed by atoms with Crippen LogP contribution in [0.2, 0.25) is 0 Å². The van der Waals surface area contributed by atoms with Gasteiger partial charge in [0, 0.05) is 27.1 Å². The summed E-state index contributed by atoms with van der Waals surface area (Å²) in [4.78, 5) is 0. The maximum Gasteiger partial charge on any atom is 0.193 e. The first kappa shape index (κ1) is 12.6. The average Bonchev–Trinajstić information content (AvgIpc) is 2.03. The van der Waals surface area contributed by atoms with Gasteiger partial charge in [-0.25, -0.2) is 0 Å². The molecular formula is C6H14Br2OS2+2. The summed E-state index contributed by atoms with van der Waals surface area (Å²) < 4.78 is 5.34. The first-order valence-electron chi connectivity index (χ1n) is 3.53. The summed E-state index contributed by atoms with van der Waals surface area (Å²) in [6.07, 6.45) is 2.41. The van der Waals surface area contributed by atoms with E-state index in [2.05, 4.69) is 31.9 Å². The molecule has 0 atom stereocenters. The van der Waals surface area contributed by atoms with E-state index in [0.717, 1.165) is 46.3 Å². The third-order valence-corrected chi connectivity index (χ3v) is 3.92. The molecule has 0 saturated heterocycles. The molecular weight excluding hydrogens is 312 g/mol. The van der Waals surface area contributed by atoms with Gasteiger partial charge in [-0.2, -0.15) is 0 Å². The summed E-state index contributed by atoms with van der Waals surface area (Å²) in [5.74, 6) is 2.29. The highest BCUT2D eigenvalue weighted by Gasteiger charge is 2.05. The first-order valence-corrected chi connectivity index (χ1v) is 7.77. The first-order chi connectivity index (χ1) is 5.41. The predicted molar refractivity (Wildman–Crippen MR) is 65.2 cm³/mol. The molecule has 0 spiro atoms. The van der Waals surface area contributed by atoms with Gasteiger partial charge in [0.2, 0.25) is 0 Å². The van der Waals surface area contributed by atoms with E-state index < -0.39 is 0 Å². The Bertz CT molecular complexity index is 67.6. The van der Waals surface area contributed by atoms with Crippen LogP contribution in [0.1, 0.15) is 12.8 Å². The molecule has 0 N–H and O–H groups in total. The van der Waals surface area contributed by atoms with Gasteiger partial charge in [-0.1, -0.05) is 31.9 Å². The molecule has 0 aromatic heterocycles. The van der Waals surface area contributed by atoms with E-state index in [1.165, 1.54) is 12.8 Å². The zero-order valence-corrected chi connectivity index (χ0v) is 11.3. The Kier molecular flexibility index (Phi) is 13.3. The van der Waals surface area contributed by atoms with Crippen LogP contribution in [0, 0.1) is 0 Å². The minimum absolute atomic E-state index is 1.08. The van der Waals surface area contributed by atoms with Gasteiger partial charge < -0.3 is 0 Å². The summed E-state index contributed by atoms with van der Waals surface area (Å²) in [5, 5.41) is 2.17. The molecule has 1 nitrogen and oxygen atoms in total. The normalized spacial score (nSPS) is 10.4. The fourth-order valence-corrected chi connectivity index (χ4v) is 3.35. The number of thiol groups is 2. The second-order valence-corrected chi connectivity index (χ2v) is 5.52. The largest absolute Gasteiger partial charge is 0.193 e. The van der Waals surface area contributed by atoms with Gasteiger partial charge in [-0.15, -0.1) is 0 Å². The maximum atomic E-state index is 5.34. The zero-order valence-electron chi connectivity index (χ0n) is 6.30. The molecule has 0 aromatic carbocycles. The number of halogens is 2. The summed E-state index contributed by atoms with van der Waals surface area (Å²) in [6.45, 7) is 0. The molecule has 0 aromatic rings. The molecule has 68 valence electrons. The van der Waals surface area contributed by atoms with Crippen LogP contribution in [0.4, 0.5) is 0 Å². The Labute approximate surface area is 94.1 Å². The van der Waals surface area contributed by atoms with Crippen molar-refractivity contribution in [2.75, 3.05) is 22.2 Å². The van der Waals surface area contributed by atoms with Crippen molar-refractivity contribution < 1.29 is 3.63 Å². The molecule has 0 aliphatic rings. The van der Waals surface area contributed by atoms with Crippen molar-refractivity contribution in [1.29, 1.82) is 0 Å². The monoisotopic (exact) mass is 324 g/mol. The third kappa shape index (κ3) is 11.6. The second-order valence-electron chi connectivity index (χ2n) is 1.87. The van der Waals surface area contributed by atoms with Gasteiger partial charge in [0.05, 0.1) is 0 Å². The molecule has 5 heteroatoms. The van der Waals surface area contributed by atoms with Crippen molar-refractivity contribution in [2.45, 2.75) is 12.8 Å². The Morgan fingerprint density at radius 3 is 1.73 bits per heavy atom. The second kappa shape index (κ2) is 11.6. The van der Waals surface area contributed by atoms with E-state index in [1.54, 1.807) is 0 Å². The quantitative estimate of drug-likeness (QED) is 0.287. The Balaban J connectivity index is 2.69. The Hall–Kier alpha value is 1.62. The molecule has 0 fully saturated rings. The fraction of sp³-hybridized carbons (Fsp3) is 1.00. The molecule has 0 aliphatic carbocycles. The van der Waals surface area contributed by atoms with Gasteiger partial charge in [-0.05, 0) is 0 Å². The molecule has 0 saturated carbocycles. The number of rotatable bonds is 8. The lowest BCUT2D eigenvalue weighted by atomic mass is 10.6. The van der Waals surface area contributed by atoms with E-state index >= 15 is 0 Å². The summed E-state index contributed by atoms with van der Waals surface area (Å²) in [5.41, 5.74) is 0. The van der Waals surface area contributed by atoms with Crippen LogP contribution >= 0.6 is 31.9 Å². The molecule has 11 heavy (non-hydrogen) atoms. The minimum Gasteiger partial charge on any atom is -0.0926 e. The summed E-state index contributed by atoms with van der Waals surface area (Å²) in [7, 11) is 0. The van der Waals surface area contributed by atoms with E-state index in [9.17, 15) is 0 Å². The van der Waals surface area contributed by atoms with E-state index in [0.29, 0.717) is 0 Å². The number of hydrogen-bond acceptors (Lipinski definition) is 1.